The van der Waals surface area contributed by atoms with Crippen LogP contribution in [0.4, 0.5) is 0 Å². The molecule has 278 valence electrons. The Balaban J connectivity index is 1.82. The summed E-state index contributed by atoms with van der Waals surface area (Å²) >= 11 is 0. The van der Waals surface area contributed by atoms with Gasteiger partial charge in [0.25, 0.3) is 0 Å². The molecule has 8 nitrogen and oxygen atoms in total. The molecule has 0 saturated heterocycles. The minimum Gasteiger partial charge on any atom is -0.496 e. The third kappa shape index (κ3) is 10.3. The third-order valence-electron chi connectivity index (χ3n) is 8.59. The van der Waals surface area contributed by atoms with Crippen LogP contribution in [-0.4, -0.2) is 42.0 Å². The zero-order valence-electron chi connectivity index (χ0n) is 31.1. The zero-order chi connectivity index (χ0) is 39.1. The number of ether oxygens (including phenoxy) is 6. The minimum atomic E-state index is -3.74. The first-order valence-electron chi connectivity index (χ1n) is 17.0. The summed E-state index contributed by atoms with van der Waals surface area (Å²) in [5.41, 5.74) is 5.15. The van der Waals surface area contributed by atoms with Crippen LogP contribution in [0.5, 0.6) is 17.2 Å². The van der Waals surface area contributed by atoms with Crippen molar-refractivity contribution < 1.29 is 36.8 Å². The molecule has 4 aromatic rings. The smallest absolute Gasteiger partial charge is 0.206 e. The molecule has 0 amide bonds. The molecule has 4 aromatic carbocycles. The van der Waals surface area contributed by atoms with E-state index in [1.54, 1.807) is 43.5 Å². The van der Waals surface area contributed by atoms with Gasteiger partial charge in [-0.3, -0.25) is 0 Å². The van der Waals surface area contributed by atoms with Crippen molar-refractivity contribution in [2.45, 2.75) is 62.4 Å². The van der Waals surface area contributed by atoms with Gasteiger partial charge in [-0.05, 0) is 78.7 Å². The Morgan fingerprint density at radius 3 is 1.28 bits per heavy atom. The largest absolute Gasteiger partial charge is 0.496 e. The lowest BCUT2D eigenvalue weighted by atomic mass is 9.76. The van der Waals surface area contributed by atoms with Crippen LogP contribution in [-0.2, 0) is 60.6 Å². The zero-order valence-corrected chi connectivity index (χ0v) is 31.9. The molecule has 0 bridgehead atoms. The van der Waals surface area contributed by atoms with Crippen LogP contribution in [0.2, 0.25) is 0 Å². The van der Waals surface area contributed by atoms with Gasteiger partial charge in [-0.15, -0.1) is 25.7 Å². The number of hydrogen-bond donors (Lipinski definition) is 0. The van der Waals surface area contributed by atoms with Crippen LogP contribution in [0.25, 0.3) is 0 Å². The van der Waals surface area contributed by atoms with Gasteiger partial charge in [-0.25, -0.2) is 8.42 Å². The van der Waals surface area contributed by atoms with E-state index in [2.05, 4.69) is 37.5 Å². The fourth-order valence-corrected chi connectivity index (χ4v) is 7.02. The van der Waals surface area contributed by atoms with E-state index in [9.17, 15) is 8.42 Å². The summed E-state index contributed by atoms with van der Waals surface area (Å²) in [4.78, 5) is 0.343. The van der Waals surface area contributed by atoms with E-state index in [1.165, 1.54) is 12.1 Å². The first-order valence-corrected chi connectivity index (χ1v) is 18.5. The monoisotopic (exact) mass is 744 g/mol. The van der Waals surface area contributed by atoms with Crippen LogP contribution in [0, 0.1) is 56.3 Å². The Kier molecular flexibility index (Phi) is 14.9. The molecular formula is C45H44O8S. The molecule has 0 aromatic heterocycles. The van der Waals surface area contributed by atoms with Gasteiger partial charge in [-0.1, -0.05) is 55.2 Å². The molecule has 9 heteroatoms. The molecule has 0 N–H and O–H groups in total. The Labute approximate surface area is 320 Å². The van der Waals surface area contributed by atoms with Crippen molar-refractivity contribution in [1.82, 2.24) is 0 Å². The van der Waals surface area contributed by atoms with E-state index in [0.29, 0.717) is 28.4 Å². The van der Waals surface area contributed by atoms with Crippen molar-refractivity contribution in [2.75, 3.05) is 33.5 Å². The second-order valence-electron chi connectivity index (χ2n) is 12.8. The maximum Gasteiger partial charge on any atom is 0.206 e. The number of terminal acetylenes is 4. The standard InChI is InChI=1S/C45H44O8S/c1-9-21-49-29-34-25-38(26-35(43(34)48-8)30-50-22-10-2)45(6,7)39-27-36(31-51-23-11-3)44(37(28-39)32-52-24-12-4)53-40-15-19-42(20-16-40)54(46,47)41-17-13-33(5)14-18-41/h1-4,13-20,25-28H,21-24,29-32H2,5-8H3. The number of sulfone groups is 1. The average molecular weight is 745 g/mol. The fraction of sp³-hybridized carbons (Fsp3) is 0.289. The molecule has 0 heterocycles. The highest BCUT2D eigenvalue weighted by molar-refractivity contribution is 7.91. The molecule has 0 aliphatic rings. The molecule has 0 fully saturated rings. The highest BCUT2D eigenvalue weighted by Crippen LogP contribution is 2.41. The summed E-state index contributed by atoms with van der Waals surface area (Å²) in [6.45, 7) is 7.16. The Bertz CT molecular complexity index is 2090. The van der Waals surface area contributed by atoms with E-state index in [1.807, 2.05) is 31.2 Å². The van der Waals surface area contributed by atoms with Crippen LogP contribution < -0.4 is 9.47 Å². The third-order valence-corrected chi connectivity index (χ3v) is 10.4. The highest BCUT2D eigenvalue weighted by atomic mass is 32.2. The van der Waals surface area contributed by atoms with E-state index in [4.69, 9.17) is 54.1 Å². The molecule has 0 aliphatic heterocycles. The van der Waals surface area contributed by atoms with E-state index in [0.717, 1.165) is 27.8 Å². The van der Waals surface area contributed by atoms with Crippen molar-refractivity contribution in [3.05, 3.63) is 112 Å². The topological polar surface area (TPSA) is 89.5 Å². The first kappa shape index (κ1) is 41.3. The van der Waals surface area contributed by atoms with Crippen molar-refractivity contribution in [2.24, 2.45) is 0 Å². The van der Waals surface area contributed by atoms with Gasteiger partial charge < -0.3 is 28.4 Å². The number of hydrogen-bond acceptors (Lipinski definition) is 8. The molecule has 54 heavy (non-hydrogen) atoms. The molecule has 0 unspecified atom stereocenters. The fourth-order valence-electron chi connectivity index (χ4n) is 5.76. The van der Waals surface area contributed by atoms with Gasteiger partial charge in [-0.2, -0.15) is 0 Å². The highest BCUT2D eigenvalue weighted by Gasteiger charge is 2.29. The van der Waals surface area contributed by atoms with E-state index >= 15 is 0 Å². The average Bonchev–Trinajstić information content (AvgIpc) is 3.16. The van der Waals surface area contributed by atoms with Crippen LogP contribution in [0.15, 0.2) is 82.6 Å². The lowest BCUT2D eigenvalue weighted by Gasteiger charge is -2.30. The van der Waals surface area contributed by atoms with Gasteiger partial charge in [0.2, 0.25) is 9.84 Å². The second-order valence-corrected chi connectivity index (χ2v) is 14.7. The van der Waals surface area contributed by atoms with Gasteiger partial charge in [0.1, 0.15) is 43.7 Å². The predicted molar refractivity (Wildman–Crippen MR) is 209 cm³/mol. The molecule has 0 radical (unpaired) electrons. The maximum atomic E-state index is 13.3. The quantitative estimate of drug-likeness (QED) is 0.0719. The van der Waals surface area contributed by atoms with Gasteiger partial charge in [0, 0.05) is 27.7 Å². The minimum absolute atomic E-state index is 0.0715. The van der Waals surface area contributed by atoms with Crippen LogP contribution in [0.1, 0.15) is 52.8 Å². The van der Waals surface area contributed by atoms with Crippen molar-refractivity contribution in [3.63, 3.8) is 0 Å². The Morgan fingerprint density at radius 1 is 0.574 bits per heavy atom. The summed E-state index contributed by atoms with van der Waals surface area (Å²) in [6.07, 6.45) is 22.0. The van der Waals surface area contributed by atoms with E-state index < -0.39 is 15.3 Å². The molecule has 4 rings (SSSR count). The molecule has 0 aliphatic carbocycles. The number of methoxy groups -OCH3 is 1. The predicted octanol–water partition coefficient (Wildman–Crippen LogP) is 7.55. The van der Waals surface area contributed by atoms with Crippen LogP contribution in [0.3, 0.4) is 0 Å². The molecule has 0 atom stereocenters. The molecular weight excluding hydrogens is 701 g/mol. The normalized spacial score (nSPS) is 11.2. The first-order chi connectivity index (χ1) is 26.0. The summed E-state index contributed by atoms with van der Waals surface area (Å²) in [5, 5.41) is 0. The molecule has 0 saturated carbocycles. The van der Waals surface area contributed by atoms with Gasteiger partial charge in [0.05, 0.1) is 43.3 Å². The number of rotatable bonds is 19. The van der Waals surface area contributed by atoms with Crippen molar-refractivity contribution >= 4 is 9.84 Å². The van der Waals surface area contributed by atoms with Crippen molar-refractivity contribution in [1.29, 1.82) is 0 Å². The second kappa shape index (κ2) is 19.5. The summed E-state index contributed by atoms with van der Waals surface area (Å²) < 4.78 is 62.1. The van der Waals surface area contributed by atoms with Gasteiger partial charge in [0.15, 0.2) is 0 Å². The SMILES string of the molecule is C#CCOCc1cc(C(C)(C)c2cc(COCC#C)c(Oc3ccc(S(=O)(=O)c4ccc(C)cc4)cc3)c(COCC#C)c2)cc(COCC#C)c1OC. The lowest BCUT2D eigenvalue weighted by Crippen LogP contribution is -2.21. The Hall–Kier alpha value is -5.49. The summed E-state index contributed by atoms with van der Waals surface area (Å²) in [5.74, 6) is 11.5. The summed E-state index contributed by atoms with van der Waals surface area (Å²) in [7, 11) is -2.15. The number of benzene rings is 4. The van der Waals surface area contributed by atoms with E-state index in [-0.39, 0.29) is 62.6 Å². The summed E-state index contributed by atoms with van der Waals surface area (Å²) in [6, 6.07) is 21.0. The van der Waals surface area contributed by atoms with Crippen molar-refractivity contribution in [3.8, 4) is 66.6 Å². The van der Waals surface area contributed by atoms with Gasteiger partial charge >= 0.3 is 0 Å². The number of aryl methyl sites for hydroxylation is 1. The maximum absolute atomic E-state index is 13.3. The van der Waals surface area contributed by atoms with Crippen LogP contribution >= 0.6 is 0 Å². The lowest BCUT2D eigenvalue weighted by molar-refractivity contribution is 0.144. The molecule has 0 spiro atoms. The Morgan fingerprint density at radius 2 is 0.926 bits per heavy atom.